The van der Waals surface area contributed by atoms with Gasteiger partial charge in [-0.25, -0.2) is 4.98 Å². The highest BCUT2D eigenvalue weighted by molar-refractivity contribution is 7.15. The van der Waals surface area contributed by atoms with Crippen LogP contribution in [0.3, 0.4) is 0 Å². The average molecular weight is 294 g/mol. The number of nitrogens with two attached hydrogens (primary N) is 1. The van der Waals surface area contributed by atoms with E-state index in [0.717, 1.165) is 43.2 Å². The van der Waals surface area contributed by atoms with E-state index in [1.54, 1.807) is 16.2 Å². The Hall–Kier alpha value is -1.14. The molecule has 1 unspecified atom stereocenters. The molecule has 110 valence electrons. The summed E-state index contributed by atoms with van der Waals surface area (Å²) in [6.07, 6.45) is 3.17. The number of likely N-dealkylation sites (N-methyl/N-ethyl adjacent to an activating group) is 1. The normalized spacial score (nSPS) is 25.8. The van der Waals surface area contributed by atoms with Crippen LogP contribution in [0.5, 0.6) is 0 Å². The van der Waals surface area contributed by atoms with Crippen molar-refractivity contribution >= 4 is 22.4 Å². The second-order valence-corrected chi connectivity index (χ2v) is 7.25. The van der Waals surface area contributed by atoms with Gasteiger partial charge >= 0.3 is 0 Å². The standard InChI is InChI=1S/C14H22N4OS/c1-14(2)12(19)17(3)7-8-18(14)13-16-10-6-4-5-9(15)11(10)20-13/h9H,4-8,15H2,1-3H3. The topological polar surface area (TPSA) is 62.5 Å². The molecule has 0 radical (unpaired) electrons. The minimum absolute atomic E-state index is 0.122. The molecule has 2 N–H and O–H groups in total. The molecule has 1 aromatic heterocycles. The Labute approximate surface area is 123 Å². The van der Waals surface area contributed by atoms with Gasteiger partial charge in [0.15, 0.2) is 5.13 Å². The molecule has 1 aromatic rings. The molecule has 6 heteroatoms. The second kappa shape index (κ2) is 4.70. The number of nitrogens with zero attached hydrogens (tertiary/aromatic N) is 3. The second-order valence-electron chi connectivity index (χ2n) is 6.24. The third-order valence-electron chi connectivity index (χ3n) is 4.42. The first-order chi connectivity index (χ1) is 9.41. The summed E-state index contributed by atoms with van der Waals surface area (Å²) >= 11 is 1.67. The van der Waals surface area contributed by atoms with Gasteiger partial charge in [-0.2, -0.15) is 0 Å². The van der Waals surface area contributed by atoms with Gasteiger partial charge in [0.25, 0.3) is 0 Å². The van der Waals surface area contributed by atoms with Gasteiger partial charge in [0.2, 0.25) is 5.91 Å². The van der Waals surface area contributed by atoms with Crippen molar-refractivity contribution in [3.8, 4) is 0 Å². The maximum Gasteiger partial charge on any atom is 0.247 e. The van der Waals surface area contributed by atoms with Crippen molar-refractivity contribution in [2.24, 2.45) is 5.73 Å². The number of amides is 1. The molecule has 1 aliphatic heterocycles. The molecule has 2 aliphatic rings. The maximum absolute atomic E-state index is 12.4. The summed E-state index contributed by atoms with van der Waals surface area (Å²) in [6, 6.07) is 0.122. The molecule has 2 heterocycles. The molecule has 1 saturated heterocycles. The Bertz CT molecular complexity index is 539. The SMILES string of the molecule is CN1CCN(c2nc3c(s2)C(N)CCC3)C(C)(C)C1=O. The zero-order chi connectivity index (χ0) is 14.5. The molecule has 3 rings (SSSR count). The van der Waals surface area contributed by atoms with Crippen LogP contribution in [0.4, 0.5) is 5.13 Å². The number of aryl methyl sites for hydroxylation is 1. The van der Waals surface area contributed by atoms with E-state index in [2.05, 4.69) is 4.90 Å². The number of anilines is 1. The number of hydrogen-bond donors (Lipinski definition) is 1. The summed E-state index contributed by atoms with van der Waals surface area (Å²) in [5, 5.41) is 0.957. The lowest BCUT2D eigenvalue weighted by molar-refractivity contribution is -0.136. The lowest BCUT2D eigenvalue weighted by Crippen LogP contribution is -2.62. The first kappa shape index (κ1) is 13.8. The number of piperazine rings is 1. The average Bonchev–Trinajstić information content (AvgIpc) is 2.81. The molecule has 5 nitrogen and oxygen atoms in total. The molecular weight excluding hydrogens is 272 g/mol. The van der Waals surface area contributed by atoms with Crippen molar-refractivity contribution in [1.82, 2.24) is 9.88 Å². The molecule has 1 aliphatic carbocycles. The summed E-state index contributed by atoms with van der Waals surface area (Å²) in [7, 11) is 1.87. The van der Waals surface area contributed by atoms with Crippen LogP contribution in [0.1, 0.15) is 43.3 Å². The fourth-order valence-corrected chi connectivity index (χ4v) is 4.42. The highest BCUT2D eigenvalue weighted by Crippen LogP contribution is 2.39. The first-order valence-corrected chi connectivity index (χ1v) is 8.01. The van der Waals surface area contributed by atoms with Crippen LogP contribution >= 0.6 is 11.3 Å². The molecule has 1 atom stereocenters. The summed E-state index contributed by atoms with van der Waals surface area (Å²) in [5.74, 6) is 0.154. The number of fused-ring (bicyclic) bond motifs is 1. The van der Waals surface area contributed by atoms with E-state index < -0.39 is 5.54 Å². The molecule has 0 spiro atoms. The Balaban J connectivity index is 1.95. The Kier molecular flexibility index (Phi) is 3.25. The first-order valence-electron chi connectivity index (χ1n) is 7.19. The van der Waals surface area contributed by atoms with Gasteiger partial charge in [0, 0.05) is 31.1 Å². The number of thiazole rings is 1. The fraction of sp³-hybridized carbons (Fsp3) is 0.714. The van der Waals surface area contributed by atoms with Crippen molar-refractivity contribution in [3.05, 3.63) is 10.6 Å². The molecule has 1 fully saturated rings. The Morgan fingerprint density at radius 3 is 2.85 bits per heavy atom. The number of rotatable bonds is 1. The predicted octanol–water partition coefficient (Wildman–Crippen LogP) is 1.54. The van der Waals surface area contributed by atoms with Gasteiger partial charge in [0.1, 0.15) is 5.54 Å². The highest BCUT2D eigenvalue weighted by Gasteiger charge is 2.42. The van der Waals surface area contributed by atoms with Crippen LogP contribution in [-0.2, 0) is 11.2 Å². The Morgan fingerprint density at radius 1 is 1.40 bits per heavy atom. The lowest BCUT2D eigenvalue weighted by Gasteiger charge is -2.44. The van der Waals surface area contributed by atoms with Crippen molar-refractivity contribution < 1.29 is 4.79 Å². The summed E-state index contributed by atoms with van der Waals surface area (Å²) in [4.78, 5) is 22.3. The van der Waals surface area contributed by atoms with Crippen molar-refractivity contribution in [3.63, 3.8) is 0 Å². The van der Waals surface area contributed by atoms with Gasteiger partial charge in [-0.05, 0) is 33.1 Å². The minimum atomic E-state index is -0.530. The molecular formula is C14H22N4OS. The number of carbonyl (C=O) groups is 1. The predicted molar refractivity (Wildman–Crippen MR) is 81.0 cm³/mol. The largest absolute Gasteiger partial charge is 0.342 e. The van der Waals surface area contributed by atoms with Crippen LogP contribution in [0, 0.1) is 0 Å². The number of hydrogen-bond acceptors (Lipinski definition) is 5. The summed E-state index contributed by atoms with van der Waals surface area (Å²) < 4.78 is 0. The monoisotopic (exact) mass is 294 g/mol. The van der Waals surface area contributed by atoms with E-state index in [0.29, 0.717) is 0 Å². The fourth-order valence-electron chi connectivity index (χ4n) is 3.10. The molecule has 0 saturated carbocycles. The van der Waals surface area contributed by atoms with E-state index >= 15 is 0 Å². The van der Waals surface area contributed by atoms with Crippen LogP contribution < -0.4 is 10.6 Å². The molecule has 1 amide bonds. The van der Waals surface area contributed by atoms with Gasteiger partial charge in [-0.3, -0.25) is 4.79 Å². The molecule has 20 heavy (non-hydrogen) atoms. The molecule has 0 aromatic carbocycles. The van der Waals surface area contributed by atoms with E-state index in [1.165, 1.54) is 4.88 Å². The van der Waals surface area contributed by atoms with Gasteiger partial charge in [-0.15, -0.1) is 0 Å². The van der Waals surface area contributed by atoms with Crippen LogP contribution in [0.2, 0.25) is 0 Å². The quantitative estimate of drug-likeness (QED) is 0.853. The van der Waals surface area contributed by atoms with Gasteiger partial charge in [0.05, 0.1) is 5.69 Å². The van der Waals surface area contributed by atoms with Crippen molar-refractivity contribution in [2.45, 2.75) is 44.7 Å². The van der Waals surface area contributed by atoms with E-state index in [4.69, 9.17) is 10.7 Å². The van der Waals surface area contributed by atoms with Gasteiger partial charge < -0.3 is 15.5 Å². The maximum atomic E-state index is 12.4. The van der Waals surface area contributed by atoms with Crippen LogP contribution in [-0.4, -0.2) is 41.5 Å². The summed E-state index contributed by atoms with van der Waals surface area (Å²) in [6.45, 7) is 5.53. The molecule has 0 bridgehead atoms. The zero-order valence-corrected chi connectivity index (χ0v) is 13.2. The van der Waals surface area contributed by atoms with Crippen molar-refractivity contribution in [2.75, 3.05) is 25.0 Å². The zero-order valence-electron chi connectivity index (χ0n) is 12.3. The highest BCUT2D eigenvalue weighted by atomic mass is 32.1. The third-order valence-corrected chi connectivity index (χ3v) is 5.67. The Morgan fingerprint density at radius 2 is 2.15 bits per heavy atom. The van der Waals surface area contributed by atoms with E-state index in [-0.39, 0.29) is 11.9 Å². The minimum Gasteiger partial charge on any atom is -0.342 e. The van der Waals surface area contributed by atoms with E-state index in [9.17, 15) is 4.79 Å². The van der Waals surface area contributed by atoms with Crippen LogP contribution in [0.15, 0.2) is 0 Å². The van der Waals surface area contributed by atoms with E-state index in [1.807, 2.05) is 20.9 Å². The smallest absolute Gasteiger partial charge is 0.247 e. The third kappa shape index (κ3) is 2.02. The van der Waals surface area contributed by atoms with Crippen LogP contribution in [0.25, 0.3) is 0 Å². The summed E-state index contributed by atoms with van der Waals surface area (Å²) in [5.41, 5.74) is 6.80. The lowest BCUT2D eigenvalue weighted by atomic mass is 9.98. The number of aromatic nitrogens is 1. The number of carbonyl (C=O) groups excluding carboxylic acids is 1. The van der Waals surface area contributed by atoms with Gasteiger partial charge in [-0.1, -0.05) is 11.3 Å². The van der Waals surface area contributed by atoms with Crippen molar-refractivity contribution in [1.29, 1.82) is 0 Å².